The van der Waals surface area contributed by atoms with Gasteiger partial charge in [0.25, 0.3) is 0 Å². The summed E-state index contributed by atoms with van der Waals surface area (Å²) in [6.45, 7) is 0. The van der Waals surface area contributed by atoms with Gasteiger partial charge in [0, 0.05) is 11.1 Å². The predicted octanol–water partition coefficient (Wildman–Crippen LogP) is 3.52. The molecule has 130 valence electrons. The molecule has 0 amide bonds. The largest absolute Gasteiger partial charge is 0.504 e. The van der Waals surface area contributed by atoms with Gasteiger partial charge >= 0.3 is 5.69 Å². The molecule has 26 heavy (non-hydrogen) atoms. The smallest absolute Gasteiger partial charge is 0.340 e. The lowest BCUT2D eigenvalue weighted by Gasteiger charge is -2.10. The minimum atomic E-state index is -0.280. The average molecular weight is 368 g/mol. The molecule has 7 heteroatoms. The first kappa shape index (κ1) is 16.2. The average Bonchev–Trinajstić information content (AvgIpc) is 3.08. The second kappa shape index (κ2) is 6.24. The molecule has 0 aliphatic carbocycles. The molecule has 0 saturated carbocycles. The molecule has 2 heterocycles. The highest BCUT2D eigenvalue weighted by atomic mass is 35.5. The number of phenolic OH excluding ortho intramolecular Hbond substituents is 1. The summed E-state index contributed by atoms with van der Waals surface area (Å²) in [4.78, 5) is 17.4. The van der Waals surface area contributed by atoms with Gasteiger partial charge in [-0.05, 0) is 42.0 Å². The second-order valence-corrected chi connectivity index (χ2v) is 6.11. The molecule has 0 atom stereocenters. The van der Waals surface area contributed by atoms with Crippen LogP contribution in [0.2, 0.25) is 5.02 Å². The number of ether oxygens (including phenoxy) is 1. The molecule has 0 spiro atoms. The van der Waals surface area contributed by atoms with Crippen molar-refractivity contribution in [3.8, 4) is 28.4 Å². The molecule has 0 aliphatic rings. The van der Waals surface area contributed by atoms with Crippen LogP contribution in [-0.4, -0.2) is 26.2 Å². The van der Waals surface area contributed by atoms with Gasteiger partial charge in [0.05, 0.1) is 18.5 Å². The number of benzene rings is 2. The van der Waals surface area contributed by atoms with E-state index in [-0.39, 0.29) is 17.2 Å². The number of nitrogens with zero attached hydrogens (tertiary/aromatic N) is 3. The van der Waals surface area contributed by atoms with Crippen molar-refractivity contribution in [2.24, 2.45) is 0 Å². The van der Waals surface area contributed by atoms with Crippen LogP contribution in [0.15, 0.2) is 65.7 Å². The van der Waals surface area contributed by atoms with Crippen molar-refractivity contribution < 1.29 is 9.84 Å². The van der Waals surface area contributed by atoms with E-state index in [1.807, 2.05) is 18.2 Å². The van der Waals surface area contributed by atoms with E-state index >= 15 is 0 Å². The van der Waals surface area contributed by atoms with E-state index in [1.165, 1.54) is 28.5 Å². The number of halogens is 1. The van der Waals surface area contributed by atoms with Crippen LogP contribution in [0.5, 0.6) is 11.5 Å². The highest BCUT2D eigenvalue weighted by Gasteiger charge is 2.12. The Morgan fingerprint density at radius 3 is 2.58 bits per heavy atom. The molecule has 0 aliphatic heterocycles. The van der Waals surface area contributed by atoms with Gasteiger partial charge in [-0.25, -0.2) is 14.2 Å². The van der Waals surface area contributed by atoms with Crippen molar-refractivity contribution in [2.75, 3.05) is 7.11 Å². The molecule has 2 aromatic carbocycles. The van der Waals surface area contributed by atoms with Gasteiger partial charge in [-0.3, -0.25) is 4.57 Å². The Balaban J connectivity index is 1.93. The monoisotopic (exact) mass is 367 g/mol. The standard InChI is InChI=1S/C19H14ClN3O3/c1-26-17-10-14(6-8-16(17)24)22-11-21-18-9-7-15(23(18)19(22)25)12-2-4-13(20)5-3-12/h2-11,24H,1H3. The van der Waals surface area contributed by atoms with Crippen LogP contribution in [-0.2, 0) is 0 Å². The fourth-order valence-corrected chi connectivity index (χ4v) is 2.97. The predicted molar refractivity (Wildman–Crippen MR) is 99.5 cm³/mol. The summed E-state index contributed by atoms with van der Waals surface area (Å²) in [5.41, 5.74) is 2.37. The van der Waals surface area contributed by atoms with Crippen LogP contribution in [0.25, 0.3) is 22.6 Å². The van der Waals surface area contributed by atoms with Gasteiger partial charge in [0.2, 0.25) is 0 Å². The number of fused-ring (bicyclic) bond motifs is 1. The summed E-state index contributed by atoms with van der Waals surface area (Å²) >= 11 is 5.95. The lowest BCUT2D eigenvalue weighted by molar-refractivity contribution is 0.373. The van der Waals surface area contributed by atoms with E-state index in [2.05, 4.69) is 4.98 Å². The summed E-state index contributed by atoms with van der Waals surface area (Å²) in [6, 6.07) is 15.6. The molecular weight excluding hydrogens is 354 g/mol. The van der Waals surface area contributed by atoms with Crippen LogP contribution in [0.1, 0.15) is 0 Å². The minimum Gasteiger partial charge on any atom is -0.504 e. The van der Waals surface area contributed by atoms with E-state index in [9.17, 15) is 9.90 Å². The van der Waals surface area contributed by atoms with Crippen molar-refractivity contribution in [3.63, 3.8) is 0 Å². The highest BCUT2D eigenvalue weighted by Crippen LogP contribution is 2.28. The van der Waals surface area contributed by atoms with E-state index in [0.29, 0.717) is 22.1 Å². The Bertz CT molecular complexity index is 1160. The number of aromatic hydroxyl groups is 1. The van der Waals surface area contributed by atoms with Gasteiger partial charge in [-0.2, -0.15) is 0 Å². The zero-order valence-electron chi connectivity index (χ0n) is 13.8. The number of aromatic nitrogens is 3. The number of phenols is 1. The molecule has 0 saturated heterocycles. The lowest BCUT2D eigenvalue weighted by atomic mass is 10.1. The molecule has 1 N–H and O–H groups in total. The zero-order valence-corrected chi connectivity index (χ0v) is 14.5. The Labute approximate surface area is 153 Å². The lowest BCUT2D eigenvalue weighted by Crippen LogP contribution is -2.26. The van der Waals surface area contributed by atoms with Crippen molar-refractivity contribution in [3.05, 3.63) is 76.4 Å². The number of hydrogen-bond acceptors (Lipinski definition) is 4. The Morgan fingerprint density at radius 1 is 1.08 bits per heavy atom. The molecule has 4 rings (SSSR count). The summed E-state index contributed by atoms with van der Waals surface area (Å²) in [5, 5.41) is 10.4. The molecule has 0 fully saturated rings. The summed E-state index contributed by atoms with van der Waals surface area (Å²) in [6.07, 6.45) is 1.45. The normalized spacial score (nSPS) is 11.0. The third kappa shape index (κ3) is 2.60. The summed E-state index contributed by atoms with van der Waals surface area (Å²) < 4.78 is 8.05. The number of hydrogen-bond donors (Lipinski definition) is 1. The SMILES string of the molecule is COc1cc(-n2cnc3ccc(-c4ccc(Cl)cc4)n3c2=O)ccc1O. The fourth-order valence-electron chi connectivity index (χ4n) is 2.84. The first-order valence-corrected chi connectivity index (χ1v) is 8.19. The van der Waals surface area contributed by atoms with Crippen LogP contribution in [0, 0.1) is 0 Å². The first-order chi connectivity index (χ1) is 12.6. The molecule has 6 nitrogen and oxygen atoms in total. The maximum absolute atomic E-state index is 13.1. The van der Waals surface area contributed by atoms with E-state index < -0.39 is 0 Å². The van der Waals surface area contributed by atoms with Gasteiger partial charge in [0.15, 0.2) is 11.5 Å². The minimum absolute atomic E-state index is 0.00107. The Morgan fingerprint density at radius 2 is 1.85 bits per heavy atom. The van der Waals surface area contributed by atoms with Crippen LogP contribution >= 0.6 is 11.6 Å². The molecule has 0 bridgehead atoms. The maximum atomic E-state index is 13.1. The van der Waals surface area contributed by atoms with Crippen LogP contribution in [0.4, 0.5) is 0 Å². The Hall–Kier alpha value is -3.25. The maximum Gasteiger partial charge on any atom is 0.340 e. The topological polar surface area (TPSA) is 68.8 Å². The second-order valence-electron chi connectivity index (χ2n) is 5.67. The number of methoxy groups -OCH3 is 1. The molecule has 0 unspecified atom stereocenters. The molecule has 0 radical (unpaired) electrons. The van der Waals surface area contributed by atoms with Gasteiger partial charge in [-0.1, -0.05) is 23.7 Å². The van der Waals surface area contributed by atoms with E-state index in [0.717, 1.165) is 5.56 Å². The number of rotatable bonds is 3. The summed E-state index contributed by atoms with van der Waals surface area (Å²) in [5.74, 6) is 0.279. The molecule has 4 aromatic rings. The van der Waals surface area contributed by atoms with E-state index in [4.69, 9.17) is 16.3 Å². The van der Waals surface area contributed by atoms with Crippen molar-refractivity contribution >= 4 is 17.2 Å². The zero-order chi connectivity index (χ0) is 18.3. The third-order valence-corrected chi connectivity index (χ3v) is 4.40. The third-order valence-electron chi connectivity index (χ3n) is 4.14. The van der Waals surface area contributed by atoms with Crippen LogP contribution in [0.3, 0.4) is 0 Å². The highest BCUT2D eigenvalue weighted by molar-refractivity contribution is 6.30. The molecular formula is C19H14ClN3O3. The summed E-state index contributed by atoms with van der Waals surface area (Å²) in [7, 11) is 1.45. The molecule has 2 aromatic heterocycles. The Kier molecular flexibility index (Phi) is 3.89. The van der Waals surface area contributed by atoms with Crippen molar-refractivity contribution in [1.82, 2.24) is 14.0 Å². The van der Waals surface area contributed by atoms with Crippen molar-refractivity contribution in [1.29, 1.82) is 0 Å². The van der Waals surface area contributed by atoms with E-state index in [1.54, 1.807) is 30.3 Å². The fraction of sp³-hybridized carbons (Fsp3) is 0.0526. The van der Waals surface area contributed by atoms with Gasteiger partial charge in [0.1, 0.15) is 12.0 Å². The van der Waals surface area contributed by atoms with Crippen molar-refractivity contribution in [2.45, 2.75) is 0 Å². The van der Waals surface area contributed by atoms with Gasteiger partial charge < -0.3 is 9.84 Å². The van der Waals surface area contributed by atoms with Gasteiger partial charge in [-0.15, -0.1) is 0 Å². The quantitative estimate of drug-likeness (QED) is 0.601. The van der Waals surface area contributed by atoms with Crippen LogP contribution < -0.4 is 10.4 Å². The first-order valence-electron chi connectivity index (χ1n) is 7.81.